The number of hydrogen-bond acceptors (Lipinski definition) is 0. The highest BCUT2D eigenvalue weighted by Crippen LogP contribution is 2.44. The zero-order valence-electron chi connectivity index (χ0n) is 26.7. The molecule has 0 aromatic rings. The second kappa shape index (κ2) is 19.1. The van der Waals surface area contributed by atoms with Gasteiger partial charge < -0.3 is 0 Å². The van der Waals surface area contributed by atoms with Crippen LogP contribution in [0.15, 0.2) is 84.6 Å². The highest BCUT2D eigenvalue weighted by molar-refractivity contribution is 14.1. The first-order chi connectivity index (χ1) is 18.5. The van der Waals surface area contributed by atoms with E-state index in [4.69, 9.17) is 0 Å². The average molecular weight is 645 g/mol. The maximum Gasteiger partial charge on any atom is 0.0113 e. The number of allylic oxidation sites excluding steroid dienone is 10. The van der Waals surface area contributed by atoms with E-state index in [0.29, 0.717) is 35.5 Å². The molecular formula is C38H61I. The predicted octanol–water partition coefficient (Wildman–Crippen LogP) is 12.8. The van der Waals surface area contributed by atoms with Gasteiger partial charge in [0.1, 0.15) is 0 Å². The van der Waals surface area contributed by atoms with Crippen molar-refractivity contribution in [2.75, 3.05) is 0 Å². The second-order valence-corrected chi connectivity index (χ2v) is 14.2. The maximum absolute atomic E-state index is 4.37. The van der Waals surface area contributed by atoms with Crippen LogP contribution in [0.5, 0.6) is 0 Å². The van der Waals surface area contributed by atoms with E-state index in [2.05, 4.69) is 128 Å². The van der Waals surface area contributed by atoms with Crippen molar-refractivity contribution >= 4 is 22.6 Å². The lowest BCUT2D eigenvalue weighted by molar-refractivity contribution is 0.281. The molecule has 0 amide bonds. The third-order valence-corrected chi connectivity index (χ3v) is 10.3. The lowest BCUT2D eigenvalue weighted by atomic mass is 9.67. The van der Waals surface area contributed by atoms with E-state index in [1.54, 1.807) is 11.1 Å². The van der Waals surface area contributed by atoms with Crippen LogP contribution >= 0.6 is 22.6 Å². The summed E-state index contributed by atoms with van der Waals surface area (Å²) in [6, 6.07) is 0. The average Bonchev–Trinajstić information content (AvgIpc) is 2.91. The van der Waals surface area contributed by atoms with Crippen LogP contribution in [-0.4, -0.2) is 3.92 Å². The predicted molar refractivity (Wildman–Crippen MR) is 188 cm³/mol. The molecule has 1 heteroatoms. The number of hydrogen-bond donors (Lipinski definition) is 0. The van der Waals surface area contributed by atoms with Crippen molar-refractivity contribution in [2.45, 2.75) is 117 Å². The molecule has 1 aliphatic carbocycles. The molecule has 0 aromatic carbocycles. The maximum atomic E-state index is 4.37. The Morgan fingerprint density at radius 2 is 1.59 bits per heavy atom. The first-order valence-electron chi connectivity index (χ1n) is 15.8. The van der Waals surface area contributed by atoms with Gasteiger partial charge >= 0.3 is 0 Å². The van der Waals surface area contributed by atoms with Gasteiger partial charge in [0.25, 0.3) is 0 Å². The van der Waals surface area contributed by atoms with Gasteiger partial charge in [0.15, 0.2) is 0 Å². The summed E-state index contributed by atoms with van der Waals surface area (Å²) >= 11 is 2.63. The molecule has 0 saturated carbocycles. The lowest BCUT2D eigenvalue weighted by Crippen LogP contribution is -2.28. The van der Waals surface area contributed by atoms with Gasteiger partial charge in [0.2, 0.25) is 0 Å². The fourth-order valence-corrected chi connectivity index (χ4v) is 7.13. The molecule has 1 aliphatic rings. The Balaban J connectivity index is 3.03. The summed E-state index contributed by atoms with van der Waals surface area (Å²) in [7, 11) is 0. The Kier molecular flexibility index (Phi) is 17.6. The number of halogens is 1. The van der Waals surface area contributed by atoms with Gasteiger partial charge in [-0.3, -0.25) is 0 Å². The molecule has 0 spiro atoms. The Labute approximate surface area is 258 Å². The van der Waals surface area contributed by atoms with E-state index >= 15 is 0 Å². The fraction of sp³-hybridized carbons (Fsp3) is 0.632. The van der Waals surface area contributed by atoms with Crippen LogP contribution in [0.1, 0.15) is 113 Å². The summed E-state index contributed by atoms with van der Waals surface area (Å²) in [6.45, 7) is 33.0. The monoisotopic (exact) mass is 644 g/mol. The highest BCUT2D eigenvalue weighted by Gasteiger charge is 2.33. The molecule has 1 rings (SSSR count). The van der Waals surface area contributed by atoms with Crippen LogP contribution in [0.4, 0.5) is 0 Å². The molecule has 0 N–H and O–H groups in total. The van der Waals surface area contributed by atoms with Crippen LogP contribution in [0.25, 0.3) is 0 Å². The minimum atomic E-state index is 0.424. The van der Waals surface area contributed by atoms with Gasteiger partial charge in [0, 0.05) is 9.84 Å². The zero-order chi connectivity index (χ0) is 29.5. The SMILES string of the molecule is C=CCCC(I)CCCCC(C)C1=CC(C(=C)C)=CC(C(CC)CCC(C)/C(=C/C(=C)C)C(C)CC)C1C=C. The normalized spacial score (nSPS) is 21.7. The highest BCUT2D eigenvalue weighted by atomic mass is 127. The largest absolute Gasteiger partial charge is 0.103 e. The van der Waals surface area contributed by atoms with Crippen LogP contribution in [0, 0.1) is 35.5 Å². The number of alkyl halides is 1. The molecule has 0 aliphatic heterocycles. The Morgan fingerprint density at radius 1 is 0.923 bits per heavy atom. The van der Waals surface area contributed by atoms with Crippen molar-refractivity contribution in [1.29, 1.82) is 0 Å². The molecule has 0 heterocycles. The van der Waals surface area contributed by atoms with Crippen molar-refractivity contribution < 1.29 is 0 Å². The molecule has 0 saturated heterocycles. The topological polar surface area (TPSA) is 0 Å². The fourth-order valence-electron chi connectivity index (χ4n) is 6.33. The molecule has 7 unspecified atom stereocenters. The summed E-state index contributed by atoms with van der Waals surface area (Å²) in [5.74, 6) is 3.35. The minimum absolute atomic E-state index is 0.424. The summed E-state index contributed by atoms with van der Waals surface area (Å²) in [5, 5.41) is 0. The molecule has 0 fully saturated rings. The molecule has 0 aromatic heterocycles. The van der Waals surface area contributed by atoms with Gasteiger partial charge in [-0.15, -0.1) is 13.2 Å². The van der Waals surface area contributed by atoms with E-state index in [1.807, 2.05) is 0 Å². The molecule has 0 radical (unpaired) electrons. The Morgan fingerprint density at radius 3 is 2.13 bits per heavy atom. The van der Waals surface area contributed by atoms with Crippen LogP contribution < -0.4 is 0 Å². The molecular weight excluding hydrogens is 583 g/mol. The summed E-state index contributed by atoms with van der Waals surface area (Å²) in [6.07, 6.45) is 24.1. The van der Waals surface area contributed by atoms with Gasteiger partial charge in [-0.05, 0) is 94.0 Å². The zero-order valence-corrected chi connectivity index (χ0v) is 28.9. The van der Waals surface area contributed by atoms with Gasteiger partial charge in [-0.2, -0.15) is 0 Å². The molecule has 39 heavy (non-hydrogen) atoms. The third kappa shape index (κ3) is 12.1. The van der Waals surface area contributed by atoms with Crippen molar-refractivity contribution in [3.8, 4) is 0 Å². The first kappa shape index (κ1) is 35.9. The van der Waals surface area contributed by atoms with E-state index in [1.165, 1.54) is 74.5 Å². The smallest absolute Gasteiger partial charge is 0.0113 e. The standard InChI is InChI=1S/C38H61I/c1-12-16-20-34(39)21-18-17-19-30(10)37-25-33(28(7)8)26-38(35(37)15-4)32(14-3)23-22-31(11)36(24-27(5)6)29(9)13-2/h12,15,24-26,29-32,34-35,38H,1,4-5,7,13-14,16-23H2,2-3,6,8-11H3/b36-24+. The number of unbranched alkanes of at least 4 members (excludes halogenated alkanes) is 1. The van der Waals surface area contributed by atoms with Crippen LogP contribution in [0.3, 0.4) is 0 Å². The van der Waals surface area contributed by atoms with Crippen molar-refractivity contribution in [1.82, 2.24) is 0 Å². The summed E-state index contributed by atoms with van der Waals surface area (Å²) in [4.78, 5) is 0. The Bertz CT molecular complexity index is 880. The van der Waals surface area contributed by atoms with Crippen molar-refractivity contribution in [2.24, 2.45) is 35.5 Å². The Hall–Kier alpha value is -1.09. The summed E-state index contributed by atoms with van der Waals surface area (Å²) in [5.41, 5.74) is 6.88. The van der Waals surface area contributed by atoms with E-state index in [9.17, 15) is 0 Å². The number of rotatable bonds is 20. The van der Waals surface area contributed by atoms with Gasteiger partial charge in [0.05, 0.1) is 0 Å². The van der Waals surface area contributed by atoms with Gasteiger partial charge in [-0.25, -0.2) is 0 Å². The molecule has 220 valence electrons. The van der Waals surface area contributed by atoms with Crippen LogP contribution in [0.2, 0.25) is 0 Å². The van der Waals surface area contributed by atoms with Gasteiger partial charge in [-0.1, -0.05) is 142 Å². The van der Waals surface area contributed by atoms with E-state index in [0.717, 1.165) is 10.3 Å². The van der Waals surface area contributed by atoms with Crippen LogP contribution in [-0.2, 0) is 0 Å². The van der Waals surface area contributed by atoms with Crippen molar-refractivity contribution in [3.05, 3.63) is 84.6 Å². The minimum Gasteiger partial charge on any atom is -0.103 e. The third-order valence-electron chi connectivity index (χ3n) is 9.10. The molecule has 0 bridgehead atoms. The second-order valence-electron chi connectivity index (χ2n) is 12.5. The molecule has 0 nitrogen and oxygen atoms in total. The molecule has 7 atom stereocenters. The first-order valence-corrected chi connectivity index (χ1v) is 17.1. The van der Waals surface area contributed by atoms with E-state index in [-0.39, 0.29) is 0 Å². The quantitative estimate of drug-likeness (QED) is 0.0407. The summed E-state index contributed by atoms with van der Waals surface area (Å²) < 4.78 is 0.770. The van der Waals surface area contributed by atoms with Crippen molar-refractivity contribution in [3.63, 3.8) is 0 Å². The lowest BCUT2D eigenvalue weighted by Gasteiger charge is -2.38. The van der Waals surface area contributed by atoms with E-state index < -0.39 is 0 Å².